The maximum Gasteiger partial charge on any atom is 0.177 e. The molecule has 1 aromatic heterocycles. The second-order valence-electron chi connectivity index (χ2n) is 5.28. The van der Waals surface area contributed by atoms with Crippen molar-refractivity contribution < 1.29 is 9.53 Å². The third kappa shape index (κ3) is 3.16. The van der Waals surface area contributed by atoms with Gasteiger partial charge >= 0.3 is 0 Å². The highest BCUT2D eigenvalue weighted by molar-refractivity contribution is 7.98. The first-order chi connectivity index (χ1) is 10.2. The third-order valence-corrected chi connectivity index (χ3v) is 5.98. The smallest absolute Gasteiger partial charge is 0.177 e. The molecule has 110 valence electrons. The van der Waals surface area contributed by atoms with Crippen LogP contribution in [0.3, 0.4) is 0 Å². The topological polar surface area (TPSA) is 26.3 Å². The van der Waals surface area contributed by atoms with E-state index < -0.39 is 0 Å². The van der Waals surface area contributed by atoms with Crippen LogP contribution in [-0.2, 0) is 18.6 Å². The van der Waals surface area contributed by atoms with Gasteiger partial charge in [0.25, 0.3) is 0 Å². The molecule has 4 heteroatoms. The fraction of sp³-hybridized carbons (Fsp3) is 0.353. The zero-order chi connectivity index (χ0) is 14.8. The monoisotopic (exact) mass is 318 g/mol. The molecule has 0 amide bonds. The molecule has 2 heterocycles. The fourth-order valence-electron chi connectivity index (χ4n) is 2.59. The minimum atomic E-state index is 0.198. The van der Waals surface area contributed by atoms with Gasteiger partial charge in [-0.15, -0.1) is 11.3 Å². The standard InChI is InChI=1S/C17H18O2S2/c1-11-3-4-15(19-2)12(7-11)8-14(18)17-9-13-10-20-6-5-16(13)21-17/h3-4,7,9H,5-6,8,10H2,1-2H3. The highest BCUT2D eigenvalue weighted by Gasteiger charge is 2.18. The van der Waals surface area contributed by atoms with E-state index in [0.29, 0.717) is 6.42 Å². The molecule has 2 aromatic rings. The van der Waals surface area contributed by atoms with Crippen molar-refractivity contribution in [2.24, 2.45) is 0 Å². The Kier molecular flexibility index (Phi) is 4.36. The number of Topliss-reactive ketones (excluding diaryl/α,β-unsaturated/α-hetero) is 1. The van der Waals surface area contributed by atoms with Crippen LogP contribution < -0.4 is 4.74 Å². The lowest BCUT2D eigenvalue weighted by atomic mass is 10.0. The summed E-state index contributed by atoms with van der Waals surface area (Å²) in [6.45, 7) is 2.04. The van der Waals surface area contributed by atoms with E-state index in [4.69, 9.17) is 4.74 Å². The molecule has 2 nitrogen and oxygen atoms in total. The number of thioether (sulfide) groups is 1. The van der Waals surface area contributed by atoms with Crippen molar-refractivity contribution in [3.63, 3.8) is 0 Å². The summed E-state index contributed by atoms with van der Waals surface area (Å²) in [6.07, 6.45) is 1.52. The average Bonchev–Trinajstić information content (AvgIpc) is 2.91. The largest absolute Gasteiger partial charge is 0.496 e. The van der Waals surface area contributed by atoms with Crippen molar-refractivity contribution in [1.29, 1.82) is 0 Å². The van der Waals surface area contributed by atoms with Crippen LogP contribution in [0, 0.1) is 6.92 Å². The van der Waals surface area contributed by atoms with Gasteiger partial charge in [0.15, 0.2) is 5.78 Å². The number of rotatable bonds is 4. The van der Waals surface area contributed by atoms with E-state index in [0.717, 1.165) is 33.9 Å². The number of ether oxygens (including phenoxy) is 1. The van der Waals surface area contributed by atoms with E-state index in [1.54, 1.807) is 18.4 Å². The van der Waals surface area contributed by atoms with Gasteiger partial charge in [0.1, 0.15) is 5.75 Å². The minimum absolute atomic E-state index is 0.198. The molecule has 0 N–H and O–H groups in total. The summed E-state index contributed by atoms with van der Waals surface area (Å²) in [6, 6.07) is 8.08. The molecule has 0 aliphatic carbocycles. The van der Waals surface area contributed by atoms with Crippen LogP contribution in [0.4, 0.5) is 0 Å². The molecule has 0 saturated heterocycles. The van der Waals surface area contributed by atoms with Crippen molar-refractivity contribution in [2.75, 3.05) is 12.9 Å². The predicted molar refractivity (Wildman–Crippen MR) is 90.0 cm³/mol. The van der Waals surface area contributed by atoms with Gasteiger partial charge in [0, 0.05) is 22.6 Å². The number of hydrogen-bond acceptors (Lipinski definition) is 4. The Hall–Kier alpha value is -1.26. The lowest BCUT2D eigenvalue weighted by molar-refractivity contribution is 0.0996. The molecule has 1 aliphatic heterocycles. The van der Waals surface area contributed by atoms with Gasteiger partial charge in [0.2, 0.25) is 0 Å². The first-order valence-electron chi connectivity index (χ1n) is 7.03. The molecule has 0 fully saturated rings. The number of hydrogen-bond donors (Lipinski definition) is 0. The van der Waals surface area contributed by atoms with Gasteiger partial charge < -0.3 is 4.74 Å². The average molecular weight is 318 g/mol. The van der Waals surface area contributed by atoms with Crippen LogP contribution in [0.25, 0.3) is 0 Å². The number of carbonyl (C=O) groups is 1. The van der Waals surface area contributed by atoms with Crippen LogP contribution in [0.1, 0.15) is 31.2 Å². The zero-order valence-electron chi connectivity index (χ0n) is 12.3. The van der Waals surface area contributed by atoms with Crippen molar-refractivity contribution in [3.8, 4) is 5.75 Å². The highest BCUT2D eigenvalue weighted by Crippen LogP contribution is 2.32. The summed E-state index contributed by atoms with van der Waals surface area (Å²) in [4.78, 5) is 14.9. The fourth-order valence-corrected chi connectivity index (χ4v) is 4.90. The van der Waals surface area contributed by atoms with Crippen LogP contribution in [0.5, 0.6) is 5.75 Å². The molecule has 1 aliphatic rings. The molecule has 21 heavy (non-hydrogen) atoms. The zero-order valence-corrected chi connectivity index (χ0v) is 13.9. The number of aryl methyl sites for hydroxylation is 2. The van der Waals surface area contributed by atoms with Gasteiger partial charge in [-0.05, 0) is 36.8 Å². The molecule has 1 aromatic carbocycles. The quantitative estimate of drug-likeness (QED) is 0.787. The number of carbonyl (C=O) groups excluding carboxylic acids is 1. The molecular weight excluding hydrogens is 300 g/mol. The lowest BCUT2D eigenvalue weighted by Gasteiger charge is -2.08. The summed E-state index contributed by atoms with van der Waals surface area (Å²) in [5, 5.41) is 0. The predicted octanol–water partition coefficient (Wildman–Crippen LogP) is 4.28. The normalized spacial score (nSPS) is 13.8. The second kappa shape index (κ2) is 6.24. The van der Waals surface area contributed by atoms with E-state index in [-0.39, 0.29) is 5.78 Å². The molecule has 0 saturated carbocycles. The van der Waals surface area contributed by atoms with Crippen molar-refractivity contribution >= 4 is 28.9 Å². The molecule has 0 atom stereocenters. The van der Waals surface area contributed by atoms with Crippen LogP contribution >= 0.6 is 23.1 Å². The van der Waals surface area contributed by atoms with Crippen LogP contribution in [0.2, 0.25) is 0 Å². The first-order valence-corrected chi connectivity index (χ1v) is 9.00. The lowest BCUT2D eigenvalue weighted by Crippen LogP contribution is -2.03. The number of thiophene rings is 1. The van der Waals surface area contributed by atoms with Gasteiger partial charge in [-0.2, -0.15) is 11.8 Å². The van der Waals surface area contributed by atoms with Gasteiger partial charge in [-0.25, -0.2) is 0 Å². The number of methoxy groups -OCH3 is 1. The maximum atomic E-state index is 12.6. The van der Waals surface area contributed by atoms with Crippen molar-refractivity contribution in [3.05, 3.63) is 50.7 Å². The molecule has 3 rings (SSSR count). The molecule has 0 unspecified atom stereocenters. The van der Waals surface area contributed by atoms with Gasteiger partial charge in [0.05, 0.1) is 12.0 Å². The Morgan fingerprint density at radius 1 is 1.33 bits per heavy atom. The van der Waals surface area contributed by atoms with E-state index in [1.807, 2.05) is 36.9 Å². The Balaban J connectivity index is 1.83. The summed E-state index contributed by atoms with van der Waals surface area (Å²) in [5.41, 5.74) is 3.49. The third-order valence-electron chi connectivity index (χ3n) is 3.69. The van der Waals surface area contributed by atoms with E-state index in [1.165, 1.54) is 16.2 Å². The van der Waals surface area contributed by atoms with Crippen LogP contribution in [0.15, 0.2) is 24.3 Å². The van der Waals surface area contributed by atoms with Crippen molar-refractivity contribution in [2.45, 2.75) is 25.5 Å². The maximum absolute atomic E-state index is 12.6. The van der Waals surface area contributed by atoms with Crippen molar-refractivity contribution in [1.82, 2.24) is 0 Å². The Labute approximate surface area is 133 Å². The molecular formula is C17H18O2S2. The number of fused-ring (bicyclic) bond motifs is 1. The van der Waals surface area contributed by atoms with E-state index in [9.17, 15) is 4.79 Å². The van der Waals surface area contributed by atoms with Gasteiger partial charge in [-0.1, -0.05) is 17.7 Å². The summed E-state index contributed by atoms with van der Waals surface area (Å²) < 4.78 is 5.37. The number of benzene rings is 1. The van der Waals surface area contributed by atoms with Gasteiger partial charge in [-0.3, -0.25) is 4.79 Å². The second-order valence-corrected chi connectivity index (χ2v) is 7.52. The summed E-state index contributed by atoms with van der Waals surface area (Å²) in [7, 11) is 1.65. The Bertz CT molecular complexity index is 650. The number of ketones is 1. The minimum Gasteiger partial charge on any atom is -0.496 e. The molecule has 0 spiro atoms. The van der Waals surface area contributed by atoms with E-state index in [2.05, 4.69) is 6.07 Å². The SMILES string of the molecule is COc1ccc(C)cc1CC(=O)c1cc2c(s1)CCSC2. The summed E-state index contributed by atoms with van der Waals surface area (Å²) >= 11 is 3.63. The first kappa shape index (κ1) is 14.7. The Morgan fingerprint density at radius 3 is 2.95 bits per heavy atom. The summed E-state index contributed by atoms with van der Waals surface area (Å²) in [5.74, 6) is 3.22. The Morgan fingerprint density at radius 2 is 2.19 bits per heavy atom. The molecule has 0 radical (unpaired) electrons. The van der Waals surface area contributed by atoms with E-state index >= 15 is 0 Å². The molecule has 0 bridgehead atoms. The highest BCUT2D eigenvalue weighted by atomic mass is 32.2. The van der Waals surface area contributed by atoms with Crippen LogP contribution in [-0.4, -0.2) is 18.6 Å².